The summed E-state index contributed by atoms with van der Waals surface area (Å²) in [5.74, 6) is -0.311. The van der Waals surface area contributed by atoms with E-state index in [1.807, 2.05) is 6.92 Å². The minimum atomic E-state index is -1.17. The van der Waals surface area contributed by atoms with Crippen molar-refractivity contribution < 1.29 is 23.9 Å². The Balaban J connectivity index is 2.64. The molecule has 0 atom stereocenters. The number of hydrogen-bond donors (Lipinski definition) is 1. The minimum absolute atomic E-state index is 0.221. The molecule has 1 aromatic heterocycles. The predicted molar refractivity (Wildman–Crippen MR) is 74.4 cm³/mol. The van der Waals surface area contributed by atoms with E-state index in [2.05, 4.69) is 21.1 Å². The molecule has 0 spiro atoms. The Hall–Kier alpha value is -2.02. The van der Waals surface area contributed by atoms with Gasteiger partial charge < -0.3 is 19.1 Å². The molecule has 0 aliphatic heterocycles. The third-order valence-corrected chi connectivity index (χ3v) is 3.54. The molecular weight excluding hydrogens is 330 g/mol. The Kier molecular flexibility index (Phi) is 3.99. The van der Waals surface area contributed by atoms with Crippen LogP contribution in [-0.2, 0) is 0 Å². The Morgan fingerprint density at radius 3 is 2.55 bits per heavy atom. The maximum atomic E-state index is 10.8. The first kappa shape index (κ1) is 14.4. The zero-order chi connectivity index (χ0) is 14.9. The van der Waals surface area contributed by atoms with Gasteiger partial charge in [0.25, 0.3) is 0 Å². The van der Waals surface area contributed by atoms with Gasteiger partial charge in [-0.25, -0.2) is 4.79 Å². The fourth-order valence-corrected chi connectivity index (χ4v) is 2.75. The van der Waals surface area contributed by atoms with Gasteiger partial charge in [-0.05, 0) is 34.5 Å². The molecule has 0 fully saturated rings. The maximum Gasteiger partial charge on any atom is 0.374 e. The number of carboxylic acid groups (broad SMARTS) is 1. The molecule has 0 saturated heterocycles. The molecule has 1 aromatic carbocycles. The number of aromatic carboxylic acids is 1. The largest absolute Gasteiger partial charge is 0.493 e. The average molecular weight is 342 g/mol. The maximum absolute atomic E-state index is 10.8. The van der Waals surface area contributed by atoms with E-state index in [-0.39, 0.29) is 5.76 Å². The van der Waals surface area contributed by atoms with Gasteiger partial charge in [-0.15, -0.1) is 0 Å². The van der Waals surface area contributed by atoms with Crippen molar-refractivity contribution in [3.05, 3.63) is 27.9 Å². The second kappa shape index (κ2) is 5.54. The lowest BCUT2D eigenvalue weighted by molar-refractivity contribution is 0.0652. The van der Waals surface area contributed by atoms with E-state index in [9.17, 15) is 4.79 Å². The van der Waals surface area contributed by atoms with E-state index in [1.54, 1.807) is 13.2 Å². The van der Waals surface area contributed by atoms with Gasteiger partial charge >= 0.3 is 5.97 Å². The van der Waals surface area contributed by atoms with Crippen LogP contribution in [0.4, 0.5) is 0 Å². The van der Waals surface area contributed by atoms with Crippen LogP contribution in [-0.4, -0.2) is 30.5 Å². The number of methoxy groups -OCH3 is 2. The number of rotatable bonds is 4. The van der Waals surface area contributed by atoms with Crippen LogP contribution >= 0.6 is 15.9 Å². The van der Waals surface area contributed by atoms with E-state index in [1.165, 1.54) is 13.2 Å². The average Bonchev–Trinajstić information content (AvgIpc) is 2.87. The number of ether oxygens (including phenoxy) is 2. The first-order valence-electron chi connectivity index (χ1n) is 5.61. The molecule has 0 amide bonds. The Morgan fingerprint density at radius 1 is 1.35 bits per heavy atom. The molecule has 2 rings (SSSR count). The van der Waals surface area contributed by atoms with Gasteiger partial charge in [0.05, 0.1) is 18.7 Å². The van der Waals surface area contributed by atoms with E-state index >= 15 is 0 Å². The summed E-state index contributed by atoms with van der Waals surface area (Å²) in [5, 5.41) is 12.7. The monoisotopic (exact) mass is 341 g/mol. The van der Waals surface area contributed by atoms with E-state index < -0.39 is 5.97 Å². The van der Waals surface area contributed by atoms with Crippen LogP contribution in [0.5, 0.6) is 11.5 Å². The van der Waals surface area contributed by atoms with Crippen molar-refractivity contribution >= 4 is 21.9 Å². The zero-order valence-corrected chi connectivity index (χ0v) is 12.6. The summed E-state index contributed by atoms with van der Waals surface area (Å²) < 4.78 is 15.9. The highest BCUT2D eigenvalue weighted by molar-refractivity contribution is 9.10. The summed E-state index contributed by atoms with van der Waals surface area (Å²) >= 11 is 3.43. The second-order valence-electron chi connectivity index (χ2n) is 4.00. The van der Waals surface area contributed by atoms with Crippen molar-refractivity contribution in [1.82, 2.24) is 5.16 Å². The van der Waals surface area contributed by atoms with Crippen molar-refractivity contribution in [3.8, 4) is 22.8 Å². The number of aryl methyl sites for hydroxylation is 1. The summed E-state index contributed by atoms with van der Waals surface area (Å²) in [7, 11) is 3.06. The molecule has 0 unspecified atom stereocenters. The number of nitrogens with zero attached hydrogens (tertiary/aromatic N) is 1. The number of halogens is 1. The lowest BCUT2D eigenvalue weighted by atomic mass is 10.0. The highest BCUT2D eigenvalue weighted by Crippen LogP contribution is 2.43. The van der Waals surface area contributed by atoms with Crippen molar-refractivity contribution in [2.45, 2.75) is 6.92 Å². The molecule has 0 aliphatic carbocycles. The van der Waals surface area contributed by atoms with Gasteiger partial charge in [0.1, 0.15) is 5.69 Å². The van der Waals surface area contributed by atoms with Crippen molar-refractivity contribution in [2.75, 3.05) is 14.2 Å². The van der Waals surface area contributed by atoms with E-state index in [0.717, 1.165) is 5.56 Å². The van der Waals surface area contributed by atoms with Crippen LogP contribution in [0.15, 0.2) is 21.1 Å². The molecule has 20 heavy (non-hydrogen) atoms. The first-order valence-corrected chi connectivity index (χ1v) is 6.40. The van der Waals surface area contributed by atoms with E-state index in [0.29, 0.717) is 27.2 Å². The Morgan fingerprint density at radius 2 is 2.05 bits per heavy atom. The van der Waals surface area contributed by atoms with Gasteiger partial charge in [0.2, 0.25) is 5.76 Å². The van der Waals surface area contributed by atoms with Crippen LogP contribution in [0, 0.1) is 6.92 Å². The van der Waals surface area contributed by atoms with Crippen LogP contribution in [0.1, 0.15) is 16.1 Å². The smallest absolute Gasteiger partial charge is 0.374 e. The van der Waals surface area contributed by atoms with Crippen molar-refractivity contribution in [3.63, 3.8) is 0 Å². The van der Waals surface area contributed by atoms with Gasteiger partial charge in [-0.2, -0.15) is 0 Å². The lowest BCUT2D eigenvalue weighted by Gasteiger charge is -2.14. The molecule has 0 bridgehead atoms. The number of carbonyl (C=O) groups is 1. The summed E-state index contributed by atoms with van der Waals surface area (Å²) in [4.78, 5) is 10.8. The van der Waals surface area contributed by atoms with Gasteiger partial charge in [-0.3, -0.25) is 0 Å². The SMILES string of the molecule is COc1cc(C)c(-c2cc(C(=O)O)on2)c(Br)c1OC. The van der Waals surface area contributed by atoms with Gasteiger partial charge in [0.15, 0.2) is 11.5 Å². The van der Waals surface area contributed by atoms with Gasteiger partial charge in [-0.1, -0.05) is 5.16 Å². The molecule has 106 valence electrons. The summed E-state index contributed by atoms with van der Waals surface area (Å²) in [6.45, 7) is 1.86. The van der Waals surface area contributed by atoms with Crippen molar-refractivity contribution in [1.29, 1.82) is 0 Å². The van der Waals surface area contributed by atoms with Crippen LogP contribution in [0.25, 0.3) is 11.3 Å². The Bertz CT molecular complexity index is 665. The molecule has 2 aromatic rings. The summed E-state index contributed by atoms with van der Waals surface area (Å²) in [6, 6.07) is 3.15. The third kappa shape index (κ3) is 2.36. The molecule has 0 saturated carbocycles. The zero-order valence-electron chi connectivity index (χ0n) is 11.1. The highest BCUT2D eigenvalue weighted by Gasteiger charge is 2.21. The Labute approximate surface area is 123 Å². The van der Waals surface area contributed by atoms with Gasteiger partial charge in [0, 0.05) is 11.6 Å². The summed E-state index contributed by atoms with van der Waals surface area (Å²) in [6.07, 6.45) is 0. The predicted octanol–water partition coefficient (Wildman–Crippen LogP) is 3.13. The van der Waals surface area contributed by atoms with Crippen molar-refractivity contribution in [2.24, 2.45) is 0 Å². The fourth-order valence-electron chi connectivity index (χ4n) is 1.88. The number of hydrogen-bond acceptors (Lipinski definition) is 5. The number of aromatic nitrogens is 1. The lowest BCUT2D eigenvalue weighted by Crippen LogP contribution is -1.96. The van der Waals surface area contributed by atoms with Crippen LogP contribution < -0.4 is 9.47 Å². The normalized spacial score (nSPS) is 10.4. The molecule has 7 heteroatoms. The topological polar surface area (TPSA) is 81.8 Å². The molecule has 1 N–H and O–H groups in total. The first-order chi connectivity index (χ1) is 9.49. The molecule has 1 heterocycles. The summed E-state index contributed by atoms with van der Waals surface area (Å²) in [5.41, 5.74) is 1.95. The minimum Gasteiger partial charge on any atom is -0.493 e. The molecule has 0 aliphatic rings. The third-order valence-electron chi connectivity index (χ3n) is 2.79. The second-order valence-corrected chi connectivity index (χ2v) is 4.79. The molecular formula is C13H12BrNO5. The van der Waals surface area contributed by atoms with Crippen LogP contribution in [0.2, 0.25) is 0 Å². The number of benzene rings is 1. The van der Waals surface area contributed by atoms with Crippen LogP contribution in [0.3, 0.4) is 0 Å². The standard InChI is InChI=1S/C13H12BrNO5/c1-6-4-8(18-2)12(19-3)11(14)10(6)7-5-9(13(16)17)20-15-7/h4-5H,1-3H3,(H,16,17). The quantitative estimate of drug-likeness (QED) is 0.919. The highest BCUT2D eigenvalue weighted by atomic mass is 79.9. The number of carboxylic acids is 1. The molecule has 0 radical (unpaired) electrons. The fraction of sp³-hybridized carbons (Fsp3) is 0.231. The molecule has 6 nitrogen and oxygen atoms in total. The van der Waals surface area contributed by atoms with E-state index in [4.69, 9.17) is 19.1 Å².